The number of rotatable bonds is 3. The van der Waals surface area contributed by atoms with Crippen LogP contribution in [0.4, 0.5) is 10.5 Å². The van der Waals surface area contributed by atoms with E-state index in [4.69, 9.17) is 10.8 Å². The molecule has 0 saturated heterocycles. The molecule has 1 aromatic carbocycles. The van der Waals surface area contributed by atoms with E-state index in [1.807, 2.05) is 6.92 Å². The minimum absolute atomic E-state index is 0.176. The third kappa shape index (κ3) is 2.39. The number of phenolic OH excluding ortho intramolecular Hbond substituents is 1. The van der Waals surface area contributed by atoms with E-state index in [0.717, 1.165) is 6.42 Å². The number of aromatic hydroxyl groups is 1. The van der Waals surface area contributed by atoms with E-state index in [1.165, 1.54) is 17.0 Å². The van der Waals surface area contributed by atoms with Crippen LogP contribution in [0.5, 0.6) is 5.75 Å². The molecule has 0 unspecified atom stereocenters. The molecule has 76 valence electrons. The zero-order valence-corrected chi connectivity index (χ0v) is 8.10. The van der Waals surface area contributed by atoms with Crippen molar-refractivity contribution in [3.8, 4) is 5.75 Å². The van der Waals surface area contributed by atoms with Crippen LogP contribution in [0, 0.1) is 0 Å². The van der Waals surface area contributed by atoms with Crippen LogP contribution in [-0.2, 0) is 0 Å². The molecular formula is C10H14N2O2. The monoisotopic (exact) mass is 194 g/mol. The molecule has 3 N–H and O–H groups in total. The van der Waals surface area contributed by atoms with E-state index in [9.17, 15) is 4.79 Å². The van der Waals surface area contributed by atoms with E-state index in [0.29, 0.717) is 12.2 Å². The highest BCUT2D eigenvalue weighted by atomic mass is 16.3. The average molecular weight is 194 g/mol. The summed E-state index contributed by atoms with van der Waals surface area (Å²) in [5, 5.41) is 9.07. The van der Waals surface area contributed by atoms with Gasteiger partial charge in [-0.3, -0.25) is 4.90 Å². The number of primary amides is 1. The fraction of sp³-hybridized carbons (Fsp3) is 0.300. The predicted octanol–water partition coefficient (Wildman–Crippen LogP) is 1.69. The van der Waals surface area contributed by atoms with Gasteiger partial charge in [-0.25, -0.2) is 4.79 Å². The number of urea groups is 1. The topological polar surface area (TPSA) is 66.6 Å². The number of benzene rings is 1. The third-order valence-corrected chi connectivity index (χ3v) is 1.87. The zero-order valence-electron chi connectivity index (χ0n) is 8.10. The Labute approximate surface area is 82.9 Å². The Morgan fingerprint density at radius 3 is 2.43 bits per heavy atom. The molecule has 0 aliphatic carbocycles. The Morgan fingerprint density at radius 2 is 2.00 bits per heavy atom. The number of nitrogens with two attached hydrogens (primary N) is 1. The molecule has 0 fully saturated rings. The molecule has 4 heteroatoms. The highest BCUT2D eigenvalue weighted by Gasteiger charge is 2.10. The Kier molecular flexibility index (Phi) is 3.34. The van der Waals surface area contributed by atoms with Crippen molar-refractivity contribution in [2.45, 2.75) is 13.3 Å². The van der Waals surface area contributed by atoms with Crippen molar-refractivity contribution in [2.24, 2.45) is 5.73 Å². The smallest absolute Gasteiger partial charge is 0.319 e. The largest absolute Gasteiger partial charge is 0.508 e. The fourth-order valence-corrected chi connectivity index (χ4v) is 1.22. The highest BCUT2D eigenvalue weighted by molar-refractivity contribution is 5.90. The number of carbonyl (C=O) groups excluding carboxylic acids is 1. The third-order valence-electron chi connectivity index (χ3n) is 1.87. The maximum atomic E-state index is 11.1. The van der Waals surface area contributed by atoms with Gasteiger partial charge in [-0.15, -0.1) is 0 Å². The summed E-state index contributed by atoms with van der Waals surface area (Å²) < 4.78 is 0. The summed E-state index contributed by atoms with van der Waals surface area (Å²) in [4.78, 5) is 12.5. The molecule has 0 aliphatic rings. The lowest BCUT2D eigenvalue weighted by Crippen LogP contribution is -2.36. The van der Waals surface area contributed by atoms with Gasteiger partial charge >= 0.3 is 6.03 Å². The van der Waals surface area contributed by atoms with Crippen LogP contribution >= 0.6 is 0 Å². The summed E-state index contributed by atoms with van der Waals surface area (Å²) in [6, 6.07) is 5.91. The number of amides is 2. The lowest BCUT2D eigenvalue weighted by Gasteiger charge is -2.19. The Hall–Kier alpha value is -1.71. The molecule has 4 nitrogen and oxygen atoms in total. The van der Waals surface area contributed by atoms with E-state index >= 15 is 0 Å². The van der Waals surface area contributed by atoms with Gasteiger partial charge in [-0.05, 0) is 30.7 Å². The van der Waals surface area contributed by atoms with Gasteiger partial charge in [-0.1, -0.05) is 6.92 Å². The van der Waals surface area contributed by atoms with Crippen LogP contribution in [0.25, 0.3) is 0 Å². The quantitative estimate of drug-likeness (QED) is 0.768. The van der Waals surface area contributed by atoms with Crippen LogP contribution in [0.3, 0.4) is 0 Å². The van der Waals surface area contributed by atoms with Gasteiger partial charge in [0.05, 0.1) is 0 Å². The number of carbonyl (C=O) groups is 1. The van der Waals surface area contributed by atoms with Crippen LogP contribution in [0.1, 0.15) is 13.3 Å². The van der Waals surface area contributed by atoms with Crippen LogP contribution in [-0.4, -0.2) is 17.7 Å². The number of phenols is 1. The number of nitrogens with zero attached hydrogens (tertiary/aromatic N) is 1. The van der Waals surface area contributed by atoms with Crippen molar-refractivity contribution in [1.29, 1.82) is 0 Å². The minimum atomic E-state index is -0.475. The fourth-order valence-electron chi connectivity index (χ4n) is 1.22. The second kappa shape index (κ2) is 4.50. The first-order chi connectivity index (χ1) is 6.65. The molecule has 1 rings (SSSR count). The molecule has 0 aromatic heterocycles. The van der Waals surface area contributed by atoms with E-state index in [2.05, 4.69) is 0 Å². The molecule has 0 bridgehead atoms. The average Bonchev–Trinajstić information content (AvgIpc) is 2.15. The number of hydrogen-bond acceptors (Lipinski definition) is 2. The van der Waals surface area contributed by atoms with Gasteiger partial charge in [0.1, 0.15) is 5.75 Å². The van der Waals surface area contributed by atoms with Gasteiger partial charge < -0.3 is 10.8 Å². The van der Waals surface area contributed by atoms with Gasteiger partial charge in [0.2, 0.25) is 0 Å². The molecule has 0 atom stereocenters. The molecular weight excluding hydrogens is 180 g/mol. The minimum Gasteiger partial charge on any atom is -0.508 e. The van der Waals surface area contributed by atoms with Crippen molar-refractivity contribution in [2.75, 3.05) is 11.4 Å². The Morgan fingerprint density at radius 1 is 1.43 bits per heavy atom. The summed E-state index contributed by atoms with van der Waals surface area (Å²) in [5.74, 6) is 0.176. The SMILES string of the molecule is CCCN(C(N)=O)c1ccc(O)cc1. The second-order valence-corrected chi connectivity index (χ2v) is 3.01. The maximum Gasteiger partial charge on any atom is 0.319 e. The lowest BCUT2D eigenvalue weighted by molar-refractivity contribution is 0.254. The second-order valence-electron chi connectivity index (χ2n) is 3.01. The molecule has 2 amide bonds. The van der Waals surface area contributed by atoms with Gasteiger partial charge in [-0.2, -0.15) is 0 Å². The molecule has 0 radical (unpaired) electrons. The van der Waals surface area contributed by atoms with Crippen molar-refractivity contribution in [1.82, 2.24) is 0 Å². The Bertz CT molecular complexity index is 308. The number of anilines is 1. The lowest BCUT2D eigenvalue weighted by atomic mass is 10.2. The summed E-state index contributed by atoms with van der Waals surface area (Å²) in [7, 11) is 0. The van der Waals surface area contributed by atoms with Gasteiger partial charge in [0.25, 0.3) is 0 Å². The van der Waals surface area contributed by atoms with Crippen molar-refractivity contribution >= 4 is 11.7 Å². The molecule has 0 aliphatic heterocycles. The molecule has 0 saturated carbocycles. The van der Waals surface area contributed by atoms with Crippen LogP contribution < -0.4 is 10.6 Å². The number of hydrogen-bond donors (Lipinski definition) is 2. The van der Waals surface area contributed by atoms with E-state index in [1.54, 1.807) is 12.1 Å². The predicted molar refractivity (Wildman–Crippen MR) is 55.3 cm³/mol. The first-order valence-electron chi connectivity index (χ1n) is 4.51. The Balaban J connectivity index is 2.87. The highest BCUT2D eigenvalue weighted by Crippen LogP contribution is 2.18. The summed E-state index contributed by atoms with van der Waals surface area (Å²) in [6.45, 7) is 2.55. The molecule has 0 heterocycles. The molecule has 1 aromatic rings. The van der Waals surface area contributed by atoms with Gasteiger partial charge in [0.15, 0.2) is 0 Å². The van der Waals surface area contributed by atoms with Gasteiger partial charge in [0, 0.05) is 12.2 Å². The van der Waals surface area contributed by atoms with E-state index < -0.39 is 6.03 Å². The summed E-state index contributed by atoms with van der Waals surface area (Å²) in [5.41, 5.74) is 5.92. The first-order valence-corrected chi connectivity index (χ1v) is 4.51. The van der Waals surface area contributed by atoms with Crippen molar-refractivity contribution < 1.29 is 9.90 Å². The molecule has 0 spiro atoms. The standard InChI is InChI=1S/C10H14N2O2/c1-2-7-12(10(11)14)8-3-5-9(13)6-4-8/h3-6,13H,2,7H2,1H3,(H2,11,14). The normalized spacial score (nSPS) is 9.79. The summed E-state index contributed by atoms with van der Waals surface area (Å²) in [6.07, 6.45) is 0.837. The molecule has 14 heavy (non-hydrogen) atoms. The maximum absolute atomic E-state index is 11.1. The van der Waals surface area contributed by atoms with Crippen molar-refractivity contribution in [3.63, 3.8) is 0 Å². The van der Waals surface area contributed by atoms with Crippen LogP contribution in [0.15, 0.2) is 24.3 Å². The van der Waals surface area contributed by atoms with Crippen molar-refractivity contribution in [3.05, 3.63) is 24.3 Å². The first kappa shape index (κ1) is 10.4. The zero-order chi connectivity index (χ0) is 10.6. The van der Waals surface area contributed by atoms with Crippen LogP contribution in [0.2, 0.25) is 0 Å². The summed E-state index contributed by atoms with van der Waals surface area (Å²) >= 11 is 0. The van der Waals surface area contributed by atoms with E-state index in [-0.39, 0.29) is 5.75 Å².